The first-order chi connectivity index (χ1) is 5.24. The molecule has 1 aromatic heterocycles. The molecule has 0 amide bonds. The minimum absolute atomic E-state index is 0.410. The van der Waals surface area contributed by atoms with Crippen LogP contribution in [0.15, 0.2) is 12.1 Å². The second-order valence-corrected chi connectivity index (χ2v) is 2.55. The second kappa shape index (κ2) is 3.16. The van der Waals surface area contributed by atoms with Gasteiger partial charge in [-0.15, -0.1) is 0 Å². The van der Waals surface area contributed by atoms with Gasteiger partial charge in [-0.05, 0) is 25.5 Å². The smallest absolute Gasteiger partial charge is 0.0777 e. The van der Waals surface area contributed by atoms with E-state index in [1.54, 1.807) is 0 Å². The van der Waals surface area contributed by atoms with Crippen molar-refractivity contribution in [1.29, 1.82) is 5.26 Å². The van der Waals surface area contributed by atoms with E-state index in [0.717, 1.165) is 17.0 Å². The average molecular weight is 146 g/mol. The number of nitriles is 1. The molecule has 2 nitrogen and oxygen atoms in total. The van der Waals surface area contributed by atoms with E-state index in [1.807, 2.05) is 26.0 Å². The first kappa shape index (κ1) is 7.74. The van der Waals surface area contributed by atoms with Gasteiger partial charge >= 0.3 is 0 Å². The fourth-order valence-electron chi connectivity index (χ4n) is 0.934. The van der Waals surface area contributed by atoms with E-state index in [0.29, 0.717) is 6.42 Å². The van der Waals surface area contributed by atoms with Gasteiger partial charge in [0.25, 0.3) is 0 Å². The minimum Gasteiger partial charge on any atom is -0.257 e. The summed E-state index contributed by atoms with van der Waals surface area (Å²) in [7, 11) is 0. The molecule has 0 saturated carbocycles. The van der Waals surface area contributed by atoms with Gasteiger partial charge < -0.3 is 0 Å². The number of pyridine rings is 1. The van der Waals surface area contributed by atoms with Gasteiger partial charge in [0.15, 0.2) is 0 Å². The van der Waals surface area contributed by atoms with Crippen molar-refractivity contribution in [3.05, 3.63) is 29.1 Å². The quantitative estimate of drug-likeness (QED) is 0.605. The molecule has 0 bridgehead atoms. The van der Waals surface area contributed by atoms with Crippen LogP contribution in [0.4, 0.5) is 0 Å². The maximum Gasteiger partial charge on any atom is 0.0777 e. The van der Waals surface area contributed by atoms with E-state index in [1.165, 1.54) is 0 Å². The molecule has 0 fully saturated rings. The Bertz CT molecular complexity index is 297. The highest BCUT2D eigenvalue weighted by Crippen LogP contribution is 2.05. The Morgan fingerprint density at radius 1 is 1.45 bits per heavy atom. The van der Waals surface area contributed by atoms with Crippen molar-refractivity contribution in [2.45, 2.75) is 20.3 Å². The highest BCUT2D eigenvalue weighted by molar-refractivity contribution is 5.23. The molecule has 1 heterocycles. The maximum atomic E-state index is 8.45. The summed E-state index contributed by atoms with van der Waals surface area (Å²) in [4.78, 5) is 4.24. The van der Waals surface area contributed by atoms with E-state index in [2.05, 4.69) is 11.1 Å². The van der Waals surface area contributed by atoms with Gasteiger partial charge in [0, 0.05) is 5.69 Å². The Balaban J connectivity index is 3.05. The molecule has 11 heavy (non-hydrogen) atoms. The summed E-state index contributed by atoms with van der Waals surface area (Å²) in [5.74, 6) is 0. The highest BCUT2D eigenvalue weighted by atomic mass is 14.7. The molecular formula is C9H10N2. The van der Waals surface area contributed by atoms with Crippen molar-refractivity contribution in [3.8, 4) is 6.07 Å². The summed E-state index contributed by atoms with van der Waals surface area (Å²) in [6, 6.07) is 6.04. The van der Waals surface area contributed by atoms with Gasteiger partial charge in [-0.2, -0.15) is 5.26 Å². The van der Waals surface area contributed by atoms with Crippen molar-refractivity contribution >= 4 is 0 Å². The Morgan fingerprint density at radius 2 is 2.18 bits per heavy atom. The van der Waals surface area contributed by atoms with Gasteiger partial charge in [0.2, 0.25) is 0 Å². The highest BCUT2D eigenvalue weighted by Gasteiger charge is 1.97. The third kappa shape index (κ3) is 1.78. The molecule has 0 aliphatic heterocycles. The van der Waals surface area contributed by atoms with Crippen molar-refractivity contribution in [2.24, 2.45) is 0 Å². The molecular weight excluding hydrogens is 136 g/mol. The predicted octanol–water partition coefficient (Wildman–Crippen LogP) is 1.76. The van der Waals surface area contributed by atoms with Gasteiger partial charge in [0.1, 0.15) is 0 Å². The van der Waals surface area contributed by atoms with E-state index in [-0.39, 0.29) is 0 Å². The number of hydrogen-bond acceptors (Lipinski definition) is 2. The molecule has 56 valence electrons. The predicted molar refractivity (Wildman–Crippen MR) is 43.0 cm³/mol. The summed E-state index contributed by atoms with van der Waals surface area (Å²) in [5, 5.41) is 8.45. The number of nitrogens with zero attached hydrogens (tertiary/aromatic N) is 2. The molecule has 0 aromatic carbocycles. The lowest BCUT2D eigenvalue weighted by atomic mass is 10.1. The van der Waals surface area contributed by atoms with Gasteiger partial charge in [-0.3, -0.25) is 4.98 Å². The van der Waals surface area contributed by atoms with Crippen LogP contribution >= 0.6 is 0 Å². The Morgan fingerprint density at radius 3 is 2.82 bits per heavy atom. The van der Waals surface area contributed by atoms with E-state index in [9.17, 15) is 0 Å². The van der Waals surface area contributed by atoms with Crippen LogP contribution in [0.2, 0.25) is 0 Å². The minimum atomic E-state index is 0.410. The van der Waals surface area contributed by atoms with Gasteiger partial charge in [-0.1, -0.05) is 6.07 Å². The average Bonchev–Trinajstić information content (AvgIpc) is 1.98. The van der Waals surface area contributed by atoms with Crippen LogP contribution in [0.5, 0.6) is 0 Å². The maximum absolute atomic E-state index is 8.45. The number of rotatable bonds is 1. The molecule has 0 unspecified atom stereocenters. The largest absolute Gasteiger partial charge is 0.257 e. The molecule has 0 spiro atoms. The standard InChI is InChI=1S/C9H10N2/c1-7-3-4-8(2)11-9(7)5-6-10/h3-4H,5H2,1-2H3. The van der Waals surface area contributed by atoms with Crippen LogP contribution in [0.25, 0.3) is 0 Å². The lowest BCUT2D eigenvalue weighted by molar-refractivity contribution is 1.04. The molecule has 1 aromatic rings. The summed E-state index contributed by atoms with van der Waals surface area (Å²) in [6.07, 6.45) is 0.410. The molecule has 1 rings (SSSR count). The van der Waals surface area contributed by atoms with Crippen LogP contribution in [-0.2, 0) is 6.42 Å². The Hall–Kier alpha value is -1.36. The lowest BCUT2D eigenvalue weighted by Crippen LogP contribution is -1.93. The number of aromatic nitrogens is 1. The summed E-state index contributed by atoms with van der Waals surface area (Å²) < 4.78 is 0. The zero-order valence-corrected chi connectivity index (χ0v) is 6.76. The van der Waals surface area contributed by atoms with Crippen molar-refractivity contribution in [2.75, 3.05) is 0 Å². The molecule has 0 aliphatic carbocycles. The van der Waals surface area contributed by atoms with E-state index in [4.69, 9.17) is 5.26 Å². The van der Waals surface area contributed by atoms with Crippen LogP contribution in [0, 0.1) is 25.2 Å². The molecule has 0 atom stereocenters. The van der Waals surface area contributed by atoms with Crippen LogP contribution in [0.1, 0.15) is 17.0 Å². The van der Waals surface area contributed by atoms with Crippen molar-refractivity contribution in [3.63, 3.8) is 0 Å². The van der Waals surface area contributed by atoms with Crippen LogP contribution in [0.3, 0.4) is 0 Å². The first-order valence-electron chi connectivity index (χ1n) is 3.54. The normalized spacial score (nSPS) is 9.18. The molecule has 0 aliphatic rings. The molecule has 0 N–H and O–H groups in total. The fourth-order valence-corrected chi connectivity index (χ4v) is 0.934. The topological polar surface area (TPSA) is 36.7 Å². The van der Waals surface area contributed by atoms with Gasteiger partial charge in [0.05, 0.1) is 18.2 Å². The van der Waals surface area contributed by atoms with E-state index >= 15 is 0 Å². The lowest BCUT2D eigenvalue weighted by Gasteiger charge is -2.00. The number of aryl methyl sites for hydroxylation is 2. The third-order valence-electron chi connectivity index (χ3n) is 1.59. The van der Waals surface area contributed by atoms with Crippen LogP contribution in [-0.4, -0.2) is 4.98 Å². The zero-order chi connectivity index (χ0) is 8.27. The van der Waals surface area contributed by atoms with Crippen molar-refractivity contribution < 1.29 is 0 Å². The van der Waals surface area contributed by atoms with Crippen LogP contribution < -0.4 is 0 Å². The van der Waals surface area contributed by atoms with Crippen molar-refractivity contribution in [1.82, 2.24) is 4.98 Å². The zero-order valence-electron chi connectivity index (χ0n) is 6.76. The molecule has 0 saturated heterocycles. The Labute approximate surface area is 66.5 Å². The monoisotopic (exact) mass is 146 g/mol. The number of hydrogen-bond donors (Lipinski definition) is 0. The molecule has 0 radical (unpaired) electrons. The SMILES string of the molecule is Cc1ccc(C)c(CC#N)n1. The van der Waals surface area contributed by atoms with E-state index < -0.39 is 0 Å². The fraction of sp³-hybridized carbons (Fsp3) is 0.333. The van der Waals surface area contributed by atoms with Gasteiger partial charge in [-0.25, -0.2) is 0 Å². The summed E-state index contributed by atoms with van der Waals surface area (Å²) in [5.41, 5.74) is 2.96. The Kier molecular flexibility index (Phi) is 2.22. The summed E-state index contributed by atoms with van der Waals surface area (Å²) in [6.45, 7) is 3.90. The molecule has 2 heteroatoms. The summed E-state index contributed by atoms with van der Waals surface area (Å²) >= 11 is 0. The second-order valence-electron chi connectivity index (χ2n) is 2.55. The third-order valence-corrected chi connectivity index (χ3v) is 1.59. The first-order valence-corrected chi connectivity index (χ1v) is 3.54.